The number of halogens is 1. The van der Waals surface area contributed by atoms with Gasteiger partial charge in [-0.25, -0.2) is 9.37 Å². The van der Waals surface area contributed by atoms with Crippen LogP contribution in [0.25, 0.3) is 22.2 Å². The molecule has 146 valence electrons. The molecule has 0 bridgehead atoms. The van der Waals surface area contributed by atoms with Gasteiger partial charge < -0.3 is 10.3 Å². The molecule has 0 saturated carbocycles. The smallest absolute Gasteiger partial charge is 0.258 e. The zero-order valence-electron chi connectivity index (χ0n) is 16.1. The summed E-state index contributed by atoms with van der Waals surface area (Å²) in [4.78, 5) is 18.7. The first-order chi connectivity index (χ1) is 13.9. The summed E-state index contributed by atoms with van der Waals surface area (Å²) in [5.41, 5.74) is 2.73. The SMILES string of the molecule is CC(C)(CNc1ccc(-c2ccc3nc[nH]c(=O)c3c2)nn1)c1ccc(F)cc1. The molecule has 7 heteroatoms. The van der Waals surface area contributed by atoms with E-state index in [4.69, 9.17) is 0 Å². The zero-order valence-corrected chi connectivity index (χ0v) is 16.1. The van der Waals surface area contributed by atoms with Crippen molar-refractivity contribution in [3.8, 4) is 11.3 Å². The maximum absolute atomic E-state index is 13.2. The first kappa shape index (κ1) is 18.7. The molecule has 0 unspecified atom stereocenters. The van der Waals surface area contributed by atoms with Crippen molar-refractivity contribution in [2.24, 2.45) is 0 Å². The van der Waals surface area contributed by atoms with Crippen LogP contribution in [0.2, 0.25) is 0 Å². The van der Waals surface area contributed by atoms with E-state index < -0.39 is 0 Å². The zero-order chi connectivity index (χ0) is 20.4. The molecule has 0 aliphatic carbocycles. The Balaban J connectivity index is 1.50. The molecule has 0 spiro atoms. The molecule has 6 nitrogen and oxygen atoms in total. The van der Waals surface area contributed by atoms with Crippen LogP contribution in [0.15, 0.2) is 65.7 Å². The molecule has 0 aliphatic rings. The second-order valence-corrected chi connectivity index (χ2v) is 7.51. The third kappa shape index (κ3) is 3.99. The number of nitrogens with zero attached hydrogens (tertiary/aromatic N) is 3. The summed E-state index contributed by atoms with van der Waals surface area (Å²) >= 11 is 0. The summed E-state index contributed by atoms with van der Waals surface area (Å²) in [7, 11) is 0. The second-order valence-electron chi connectivity index (χ2n) is 7.51. The van der Waals surface area contributed by atoms with E-state index in [-0.39, 0.29) is 16.8 Å². The van der Waals surface area contributed by atoms with Crippen molar-refractivity contribution in [1.29, 1.82) is 0 Å². The van der Waals surface area contributed by atoms with Gasteiger partial charge in [0.15, 0.2) is 0 Å². The monoisotopic (exact) mass is 389 g/mol. The average molecular weight is 389 g/mol. The molecule has 2 aromatic heterocycles. The Labute approximate surface area is 166 Å². The number of nitrogens with one attached hydrogen (secondary N) is 2. The van der Waals surface area contributed by atoms with E-state index in [1.54, 1.807) is 24.3 Å². The number of aromatic amines is 1. The Kier molecular flexibility index (Phi) is 4.80. The molecular weight excluding hydrogens is 369 g/mol. The number of hydrogen-bond donors (Lipinski definition) is 2. The predicted octanol–water partition coefficient (Wildman–Crippen LogP) is 3.91. The Morgan fingerprint density at radius 1 is 1.03 bits per heavy atom. The van der Waals surface area contributed by atoms with Crippen LogP contribution in [-0.4, -0.2) is 26.7 Å². The fourth-order valence-corrected chi connectivity index (χ4v) is 3.12. The predicted molar refractivity (Wildman–Crippen MR) is 111 cm³/mol. The van der Waals surface area contributed by atoms with Gasteiger partial charge in [-0.1, -0.05) is 32.0 Å². The van der Waals surface area contributed by atoms with Crippen LogP contribution in [-0.2, 0) is 5.41 Å². The van der Waals surface area contributed by atoms with Crippen molar-refractivity contribution in [3.05, 3.63) is 82.7 Å². The van der Waals surface area contributed by atoms with Crippen LogP contribution in [0.5, 0.6) is 0 Å². The molecule has 0 radical (unpaired) electrons. The lowest BCUT2D eigenvalue weighted by atomic mass is 9.84. The van der Waals surface area contributed by atoms with Crippen LogP contribution in [0, 0.1) is 5.82 Å². The molecule has 2 aromatic carbocycles. The van der Waals surface area contributed by atoms with E-state index in [1.807, 2.05) is 18.2 Å². The summed E-state index contributed by atoms with van der Waals surface area (Å²) in [6.07, 6.45) is 1.39. The van der Waals surface area contributed by atoms with Gasteiger partial charge in [0.1, 0.15) is 11.6 Å². The quantitative estimate of drug-likeness (QED) is 0.541. The second kappa shape index (κ2) is 7.43. The molecule has 4 rings (SSSR count). The van der Waals surface area contributed by atoms with E-state index in [1.165, 1.54) is 18.5 Å². The molecule has 29 heavy (non-hydrogen) atoms. The number of hydrogen-bond acceptors (Lipinski definition) is 5. The van der Waals surface area contributed by atoms with Crippen LogP contribution >= 0.6 is 0 Å². The van der Waals surface area contributed by atoms with Gasteiger partial charge in [-0.05, 0) is 42.0 Å². The Morgan fingerprint density at radius 3 is 2.55 bits per heavy atom. The molecule has 2 N–H and O–H groups in total. The average Bonchev–Trinajstić information content (AvgIpc) is 2.73. The van der Waals surface area contributed by atoms with E-state index in [9.17, 15) is 9.18 Å². The standard InChI is InChI=1S/C22H20FN5O/c1-22(2,15-4-6-16(23)7-5-15)12-24-20-10-9-18(27-28-20)14-3-8-19-17(11-14)21(29)26-13-25-19/h3-11,13H,12H2,1-2H3,(H,24,28)(H,25,26,29). The maximum atomic E-state index is 13.2. The Hall–Kier alpha value is -3.61. The van der Waals surface area contributed by atoms with Gasteiger partial charge in [0.05, 0.1) is 22.9 Å². The van der Waals surface area contributed by atoms with Crippen molar-refractivity contribution >= 4 is 16.7 Å². The number of benzene rings is 2. The highest BCUT2D eigenvalue weighted by atomic mass is 19.1. The topological polar surface area (TPSA) is 83.6 Å². The van der Waals surface area contributed by atoms with Crippen molar-refractivity contribution in [1.82, 2.24) is 20.2 Å². The lowest BCUT2D eigenvalue weighted by Gasteiger charge is -2.25. The lowest BCUT2D eigenvalue weighted by molar-refractivity contribution is 0.552. The molecule has 0 amide bonds. The Morgan fingerprint density at radius 2 is 1.83 bits per heavy atom. The van der Waals surface area contributed by atoms with E-state index in [2.05, 4.69) is 39.3 Å². The highest BCUT2D eigenvalue weighted by Gasteiger charge is 2.20. The maximum Gasteiger partial charge on any atom is 0.258 e. The summed E-state index contributed by atoms with van der Waals surface area (Å²) in [5.74, 6) is 0.398. The van der Waals surface area contributed by atoms with E-state index in [0.29, 0.717) is 29.0 Å². The fourth-order valence-electron chi connectivity index (χ4n) is 3.12. The van der Waals surface area contributed by atoms with E-state index in [0.717, 1.165) is 11.1 Å². The van der Waals surface area contributed by atoms with Crippen molar-refractivity contribution in [2.75, 3.05) is 11.9 Å². The van der Waals surface area contributed by atoms with Crippen molar-refractivity contribution < 1.29 is 4.39 Å². The van der Waals surface area contributed by atoms with Gasteiger partial charge in [0, 0.05) is 17.5 Å². The minimum Gasteiger partial charge on any atom is -0.368 e. The lowest BCUT2D eigenvalue weighted by Crippen LogP contribution is -2.28. The first-order valence-electron chi connectivity index (χ1n) is 9.24. The van der Waals surface area contributed by atoms with Gasteiger partial charge in [-0.3, -0.25) is 4.79 Å². The van der Waals surface area contributed by atoms with Crippen LogP contribution < -0.4 is 10.9 Å². The van der Waals surface area contributed by atoms with Crippen molar-refractivity contribution in [2.45, 2.75) is 19.3 Å². The normalized spacial score (nSPS) is 11.6. The molecule has 0 atom stereocenters. The number of aromatic nitrogens is 4. The number of anilines is 1. The largest absolute Gasteiger partial charge is 0.368 e. The van der Waals surface area contributed by atoms with Gasteiger partial charge in [-0.15, -0.1) is 10.2 Å². The fraction of sp³-hybridized carbons (Fsp3) is 0.182. The summed E-state index contributed by atoms with van der Waals surface area (Å²) in [6.45, 7) is 4.77. The van der Waals surface area contributed by atoms with Gasteiger partial charge in [-0.2, -0.15) is 0 Å². The molecule has 0 aliphatic heterocycles. The minimum atomic E-state index is -0.245. The van der Waals surface area contributed by atoms with Crippen LogP contribution in [0.1, 0.15) is 19.4 Å². The van der Waals surface area contributed by atoms with Crippen LogP contribution in [0.4, 0.5) is 10.2 Å². The summed E-state index contributed by atoms with van der Waals surface area (Å²) in [6, 6.07) is 15.6. The highest BCUT2D eigenvalue weighted by molar-refractivity contribution is 5.82. The van der Waals surface area contributed by atoms with Crippen LogP contribution in [0.3, 0.4) is 0 Å². The third-order valence-corrected chi connectivity index (χ3v) is 4.94. The van der Waals surface area contributed by atoms with E-state index >= 15 is 0 Å². The van der Waals surface area contributed by atoms with Gasteiger partial charge >= 0.3 is 0 Å². The highest BCUT2D eigenvalue weighted by Crippen LogP contribution is 2.24. The molecule has 4 aromatic rings. The molecular formula is C22H20FN5O. The van der Waals surface area contributed by atoms with Gasteiger partial charge in [0.25, 0.3) is 5.56 Å². The number of H-pyrrole nitrogens is 1. The minimum absolute atomic E-state index is 0.189. The molecule has 0 fully saturated rings. The molecule has 0 saturated heterocycles. The summed E-state index contributed by atoms with van der Waals surface area (Å²) in [5, 5.41) is 12.3. The number of fused-ring (bicyclic) bond motifs is 1. The Bertz CT molecular complexity index is 1200. The third-order valence-electron chi connectivity index (χ3n) is 4.94. The summed E-state index contributed by atoms with van der Waals surface area (Å²) < 4.78 is 13.2. The first-order valence-corrected chi connectivity index (χ1v) is 9.24. The van der Waals surface area contributed by atoms with Crippen molar-refractivity contribution in [3.63, 3.8) is 0 Å². The number of rotatable bonds is 5. The van der Waals surface area contributed by atoms with Gasteiger partial charge in [0.2, 0.25) is 0 Å². The molecule has 2 heterocycles.